The third-order valence-electron chi connectivity index (χ3n) is 15.3. The lowest BCUT2D eigenvalue weighted by Crippen LogP contribution is -2.30. The van der Waals surface area contributed by atoms with Gasteiger partial charge in [-0.1, -0.05) is 274 Å². The van der Waals surface area contributed by atoms with Gasteiger partial charge in [0.2, 0.25) is 0 Å². The summed E-state index contributed by atoms with van der Waals surface area (Å²) < 4.78 is 68.1. The van der Waals surface area contributed by atoms with Crippen molar-refractivity contribution < 1.29 is 80.2 Å². The molecular weight excluding hydrogens is 1140 g/mol. The molecule has 0 aliphatic rings. The molecule has 0 bridgehead atoms. The van der Waals surface area contributed by atoms with E-state index in [-0.39, 0.29) is 25.7 Å². The summed E-state index contributed by atoms with van der Waals surface area (Å²) in [5, 5.41) is 10.6. The van der Waals surface area contributed by atoms with E-state index in [9.17, 15) is 43.2 Å². The Morgan fingerprint density at radius 2 is 0.488 bits per heavy atom. The fourth-order valence-corrected chi connectivity index (χ4v) is 11.5. The minimum atomic E-state index is -4.95. The van der Waals surface area contributed by atoms with Crippen LogP contribution in [0.3, 0.4) is 0 Å². The average molecular weight is 1270 g/mol. The third-order valence-corrected chi connectivity index (χ3v) is 17.2. The lowest BCUT2D eigenvalue weighted by molar-refractivity contribution is -0.161. The molecule has 0 aliphatic carbocycles. The second-order valence-corrected chi connectivity index (χ2v) is 29.0. The van der Waals surface area contributed by atoms with E-state index in [0.29, 0.717) is 37.5 Å². The van der Waals surface area contributed by atoms with Gasteiger partial charge in [0.25, 0.3) is 0 Å². The number of phosphoric acid groups is 2. The molecule has 0 spiro atoms. The molecule has 86 heavy (non-hydrogen) atoms. The molecule has 5 atom stereocenters. The first-order chi connectivity index (χ1) is 41.1. The van der Waals surface area contributed by atoms with Gasteiger partial charge in [-0.15, -0.1) is 0 Å². The van der Waals surface area contributed by atoms with Crippen molar-refractivity contribution in [3.63, 3.8) is 0 Å². The van der Waals surface area contributed by atoms with E-state index in [0.717, 1.165) is 108 Å². The molecule has 3 N–H and O–H groups in total. The van der Waals surface area contributed by atoms with Crippen molar-refractivity contribution in [1.29, 1.82) is 0 Å². The molecule has 0 aromatic heterocycles. The molecule has 0 aliphatic heterocycles. The number of esters is 4. The Bertz CT molecular complexity index is 1710. The van der Waals surface area contributed by atoms with Crippen LogP contribution in [0, 0.1) is 23.7 Å². The Kier molecular flexibility index (Phi) is 55.7. The van der Waals surface area contributed by atoms with E-state index >= 15 is 0 Å². The first kappa shape index (κ1) is 84.1. The number of carbonyl (C=O) groups excluding carboxylic acids is 4. The normalized spacial score (nSPS) is 14.4. The monoisotopic (exact) mass is 1270 g/mol. The highest BCUT2D eigenvalue weighted by Crippen LogP contribution is 2.45. The fraction of sp³-hybridized carbons (Fsp3) is 0.940. The highest BCUT2D eigenvalue weighted by Gasteiger charge is 2.30. The molecule has 0 saturated heterocycles. The molecule has 0 saturated carbocycles. The van der Waals surface area contributed by atoms with Gasteiger partial charge in [-0.3, -0.25) is 37.3 Å². The topological polar surface area (TPSA) is 237 Å². The first-order valence-electron chi connectivity index (χ1n) is 34.7. The Hall–Kier alpha value is -1.94. The molecule has 17 nitrogen and oxygen atoms in total. The van der Waals surface area contributed by atoms with Crippen LogP contribution in [0.25, 0.3) is 0 Å². The van der Waals surface area contributed by atoms with Gasteiger partial charge in [0.1, 0.15) is 19.3 Å². The highest BCUT2D eigenvalue weighted by atomic mass is 31.2. The second kappa shape index (κ2) is 57.0. The quantitative estimate of drug-likeness (QED) is 0.0222. The summed E-state index contributed by atoms with van der Waals surface area (Å²) in [7, 11) is -9.89. The number of rotatable bonds is 64. The number of phosphoric ester groups is 2. The van der Waals surface area contributed by atoms with Crippen LogP contribution in [0.1, 0.15) is 325 Å². The number of carbonyl (C=O) groups is 4. The number of ether oxygens (including phenoxy) is 4. The predicted molar refractivity (Wildman–Crippen MR) is 344 cm³/mol. The maximum absolute atomic E-state index is 13.0. The molecule has 0 rings (SSSR count). The zero-order valence-electron chi connectivity index (χ0n) is 55.9. The van der Waals surface area contributed by atoms with Crippen LogP contribution in [0.5, 0.6) is 0 Å². The Labute approximate surface area is 524 Å². The molecule has 19 heteroatoms. The maximum Gasteiger partial charge on any atom is 0.472 e. The van der Waals surface area contributed by atoms with E-state index in [1.807, 2.05) is 0 Å². The number of aliphatic hydroxyl groups is 1. The third kappa shape index (κ3) is 60.9. The summed E-state index contributed by atoms with van der Waals surface area (Å²) in [5.41, 5.74) is 0. The molecule has 3 unspecified atom stereocenters. The van der Waals surface area contributed by atoms with Crippen molar-refractivity contribution in [3.05, 3.63) is 0 Å². The smallest absolute Gasteiger partial charge is 0.462 e. The molecular formula is C67H130O17P2. The first-order valence-corrected chi connectivity index (χ1v) is 37.7. The van der Waals surface area contributed by atoms with Gasteiger partial charge in [0.05, 0.1) is 26.4 Å². The van der Waals surface area contributed by atoms with Gasteiger partial charge < -0.3 is 33.8 Å². The Morgan fingerprint density at radius 1 is 0.291 bits per heavy atom. The van der Waals surface area contributed by atoms with Gasteiger partial charge in [0, 0.05) is 25.7 Å². The number of hydrogen-bond donors (Lipinski definition) is 3. The van der Waals surface area contributed by atoms with E-state index < -0.39 is 97.5 Å². The van der Waals surface area contributed by atoms with E-state index in [1.165, 1.54) is 122 Å². The van der Waals surface area contributed by atoms with Crippen LogP contribution in [-0.2, 0) is 65.4 Å². The maximum atomic E-state index is 13.0. The lowest BCUT2D eigenvalue weighted by Gasteiger charge is -2.21. The summed E-state index contributed by atoms with van der Waals surface area (Å²) in [6.45, 7) is 14.0. The fourth-order valence-electron chi connectivity index (χ4n) is 9.96. The van der Waals surface area contributed by atoms with Crippen molar-refractivity contribution in [2.75, 3.05) is 39.6 Å². The van der Waals surface area contributed by atoms with E-state index in [4.69, 9.17) is 37.0 Å². The summed E-state index contributed by atoms with van der Waals surface area (Å²) in [5.74, 6) is 0.763. The standard InChI is InChI=1S/C67H130O17P2/c1-57(2)43-35-27-19-13-11-9-10-12-14-23-31-39-47-64(69)77-53-63(84-67(72)50-42-34-26-18-22-30-38-46-60(7)8)56-82-86(75,76)80-52-61(68)51-79-85(73,74)81-55-62(54-78-65(70)48-40-32-25-17-21-29-37-45-59(5)6)83-66(71)49-41-33-24-16-15-20-28-36-44-58(3)4/h57-63,68H,9-56H2,1-8H3,(H,73,74)(H,75,76)/t61?,62-,63-/m1/s1. The lowest BCUT2D eigenvalue weighted by atomic mass is 10.0. The SMILES string of the molecule is CC(C)CCCCCCCCCCCCCCC(=O)OC[C@H](COP(=O)(O)OCC(O)COP(=O)(O)OC[C@@H](COC(=O)CCCCCCCCCC(C)C)OC(=O)CCCCCCCCCCC(C)C)OC(=O)CCCCCCCCCC(C)C. The molecule has 0 radical (unpaired) electrons. The van der Waals surface area contributed by atoms with Crippen molar-refractivity contribution in [1.82, 2.24) is 0 Å². The van der Waals surface area contributed by atoms with E-state index in [2.05, 4.69) is 55.4 Å². The summed E-state index contributed by atoms with van der Waals surface area (Å²) in [6, 6.07) is 0. The zero-order valence-corrected chi connectivity index (χ0v) is 57.7. The van der Waals surface area contributed by atoms with Gasteiger partial charge in [-0.2, -0.15) is 0 Å². The van der Waals surface area contributed by atoms with Crippen molar-refractivity contribution in [2.24, 2.45) is 23.7 Å². The largest absolute Gasteiger partial charge is 0.472 e. The van der Waals surface area contributed by atoms with Crippen LogP contribution in [0.2, 0.25) is 0 Å². The number of hydrogen-bond acceptors (Lipinski definition) is 15. The highest BCUT2D eigenvalue weighted by molar-refractivity contribution is 7.47. The van der Waals surface area contributed by atoms with Gasteiger partial charge in [-0.25, -0.2) is 9.13 Å². The van der Waals surface area contributed by atoms with Crippen LogP contribution in [0.4, 0.5) is 0 Å². The van der Waals surface area contributed by atoms with Crippen molar-refractivity contribution in [3.8, 4) is 0 Å². The zero-order chi connectivity index (χ0) is 63.9. The Morgan fingerprint density at radius 3 is 0.721 bits per heavy atom. The minimum absolute atomic E-state index is 0.103. The van der Waals surface area contributed by atoms with Gasteiger partial charge >= 0.3 is 39.5 Å². The summed E-state index contributed by atoms with van der Waals surface area (Å²) in [4.78, 5) is 72.3. The second-order valence-electron chi connectivity index (χ2n) is 26.1. The minimum Gasteiger partial charge on any atom is -0.462 e. The van der Waals surface area contributed by atoms with Crippen LogP contribution < -0.4 is 0 Å². The van der Waals surface area contributed by atoms with E-state index in [1.54, 1.807) is 0 Å². The number of unbranched alkanes of at least 4 members (excludes halogenated alkanes) is 30. The molecule has 0 aromatic carbocycles. The average Bonchev–Trinajstić information content (AvgIpc) is 3.66. The summed E-state index contributed by atoms with van der Waals surface area (Å²) >= 11 is 0. The van der Waals surface area contributed by atoms with Crippen LogP contribution >= 0.6 is 15.6 Å². The van der Waals surface area contributed by atoms with Gasteiger partial charge in [-0.05, 0) is 49.4 Å². The molecule has 0 heterocycles. The molecule has 0 fully saturated rings. The Balaban J connectivity index is 5.22. The molecule has 510 valence electrons. The molecule has 0 aromatic rings. The van der Waals surface area contributed by atoms with Crippen molar-refractivity contribution in [2.45, 2.75) is 343 Å². The van der Waals surface area contributed by atoms with Crippen LogP contribution in [-0.4, -0.2) is 96.7 Å². The molecule has 0 amide bonds. The number of aliphatic hydroxyl groups excluding tert-OH is 1. The summed E-state index contributed by atoms with van der Waals surface area (Å²) in [6.07, 6.45) is 37.8. The van der Waals surface area contributed by atoms with Gasteiger partial charge in [0.15, 0.2) is 12.2 Å². The van der Waals surface area contributed by atoms with Crippen molar-refractivity contribution >= 4 is 39.5 Å². The van der Waals surface area contributed by atoms with Crippen LogP contribution in [0.15, 0.2) is 0 Å². The predicted octanol–water partition coefficient (Wildman–Crippen LogP) is 18.5.